The summed E-state index contributed by atoms with van der Waals surface area (Å²) in [6, 6.07) is 6.12. The van der Waals surface area contributed by atoms with Crippen molar-refractivity contribution < 1.29 is 18.8 Å². The van der Waals surface area contributed by atoms with E-state index in [9.17, 15) is 18.8 Å². The molecule has 1 aromatic heterocycles. The van der Waals surface area contributed by atoms with E-state index in [4.69, 9.17) is 0 Å². The number of nitrogens with one attached hydrogen (secondary N) is 1. The molecule has 1 aliphatic carbocycles. The van der Waals surface area contributed by atoms with Crippen LogP contribution in [0, 0.1) is 5.82 Å². The summed E-state index contributed by atoms with van der Waals surface area (Å²) in [5.41, 5.74) is 2.63. The maximum atomic E-state index is 14.5. The van der Waals surface area contributed by atoms with E-state index in [2.05, 4.69) is 20.5 Å². The summed E-state index contributed by atoms with van der Waals surface area (Å²) in [5.74, 6) is -0.918. The molecular weight excluding hydrogens is 406 g/mol. The fraction of sp³-hybridized carbons (Fsp3) is 0.238. The van der Waals surface area contributed by atoms with Crippen LogP contribution >= 0.6 is 0 Å². The Labute approximate surface area is 175 Å². The fourth-order valence-corrected chi connectivity index (χ4v) is 4.28. The average Bonchev–Trinajstić information content (AvgIpc) is 3.14. The number of rotatable bonds is 4. The van der Waals surface area contributed by atoms with Crippen molar-refractivity contribution in [2.45, 2.75) is 18.4 Å². The van der Waals surface area contributed by atoms with Gasteiger partial charge in [-0.05, 0) is 17.7 Å². The van der Waals surface area contributed by atoms with E-state index in [1.807, 2.05) is 6.08 Å². The molecule has 2 atom stereocenters. The van der Waals surface area contributed by atoms with Crippen LogP contribution in [0.2, 0.25) is 0 Å². The molecule has 0 amide bonds. The monoisotopic (exact) mass is 424 g/mol. The number of aliphatic hydroxyl groups excluding tert-OH is 1. The molecule has 31 heavy (non-hydrogen) atoms. The average molecular weight is 424 g/mol. The Balaban J connectivity index is 1.74. The van der Waals surface area contributed by atoms with E-state index in [0.29, 0.717) is 22.7 Å². The van der Waals surface area contributed by atoms with Gasteiger partial charge in [-0.3, -0.25) is 4.79 Å². The molecule has 2 aromatic rings. The smallest absolute Gasteiger partial charge is 0.176 e. The van der Waals surface area contributed by atoms with Crippen LogP contribution in [0.4, 0.5) is 8.87 Å². The number of halogens is 2. The summed E-state index contributed by atoms with van der Waals surface area (Å²) in [5, 5.41) is 20.8. The lowest BCUT2D eigenvalue weighted by Crippen LogP contribution is -2.33. The Hall–Kier alpha value is -3.66. The molecule has 2 unspecified atom stereocenters. The quantitative estimate of drug-likeness (QED) is 0.726. The number of nitrogens with zero attached hydrogens (tertiary/aromatic N) is 5. The SMILES string of the molecule is O=C1C=C2C3=C(NC1)C(c1ncnn1CCO)C(c1ccc(F)cc1)C=C3C=NN2F. The zero-order chi connectivity index (χ0) is 21.5. The van der Waals surface area contributed by atoms with Crippen molar-refractivity contribution in [1.29, 1.82) is 0 Å². The van der Waals surface area contributed by atoms with Crippen molar-refractivity contribution >= 4 is 12.0 Å². The van der Waals surface area contributed by atoms with Crippen molar-refractivity contribution in [1.82, 2.24) is 25.3 Å². The number of benzene rings is 1. The minimum Gasteiger partial charge on any atom is -0.394 e. The molecule has 5 rings (SSSR count). The van der Waals surface area contributed by atoms with E-state index in [1.54, 1.807) is 16.8 Å². The predicted molar refractivity (Wildman–Crippen MR) is 107 cm³/mol. The summed E-state index contributed by atoms with van der Waals surface area (Å²) in [7, 11) is 0. The highest BCUT2D eigenvalue weighted by Gasteiger charge is 2.41. The lowest BCUT2D eigenvalue weighted by molar-refractivity contribution is -0.113. The Morgan fingerprint density at radius 2 is 2.06 bits per heavy atom. The number of allylic oxidation sites excluding steroid dienone is 3. The molecule has 0 fully saturated rings. The normalized spacial score (nSPS) is 22.5. The van der Waals surface area contributed by atoms with Gasteiger partial charge in [0.15, 0.2) is 5.78 Å². The highest BCUT2D eigenvalue weighted by molar-refractivity contribution is 5.97. The third-order valence-corrected chi connectivity index (χ3v) is 5.58. The molecular formula is C21H18F2N6O2. The van der Waals surface area contributed by atoms with Crippen molar-refractivity contribution in [2.24, 2.45) is 5.10 Å². The molecule has 158 valence electrons. The van der Waals surface area contributed by atoms with Crippen molar-refractivity contribution in [3.8, 4) is 0 Å². The van der Waals surface area contributed by atoms with Crippen molar-refractivity contribution in [2.75, 3.05) is 13.2 Å². The molecule has 2 N–H and O–H groups in total. The first-order valence-electron chi connectivity index (χ1n) is 9.76. The Morgan fingerprint density at radius 1 is 1.26 bits per heavy atom. The van der Waals surface area contributed by atoms with Crippen molar-refractivity contribution in [3.05, 3.63) is 82.5 Å². The number of ketones is 1. The van der Waals surface area contributed by atoms with Gasteiger partial charge in [0.2, 0.25) is 0 Å². The number of hydrogen-bond donors (Lipinski definition) is 2. The van der Waals surface area contributed by atoms with Gasteiger partial charge in [-0.25, -0.2) is 14.1 Å². The first kappa shape index (κ1) is 19.3. The summed E-state index contributed by atoms with van der Waals surface area (Å²) < 4.78 is 29.7. The zero-order valence-electron chi connectivity index (χ0n) is 16.2. The molecule has 0 spiro atoms. The molecule has 0 radical (unpaired) electrons. The van der Waals surface area contributed by atoms with E-state index < -0.39 is 5.92 Å². The van der Waals surface area contributed by atoms with Crippen LogP contribution in [-0.4, -0.2) is 50.3 Å². The second-order valence-electron chi connectivity index (χ2n) is 7.38. The number of carbonyl (C=O) groups is 1. The minimum absolute atomic E-state index is 0.0236. The second-order valence-corrected chi connectivity index (χ2v) is 7.38. The molecule has 1 aromatic carbocycles. The molecule has 3 heterocycles. The number of aromatic nitrogens is 3. The number of hydrazone groups is 1. The van der Waals surface area contributed by atoms with Gasteiger partial charge in [0.05, 0.1) is 31.8 Å². The summed E-state index contributed by atoms with van der Waals surface area (Å²) in [6.45, 7) is 0.0585. The van der Waals surface area contributed by atoms with Gasteiger partial charge in [-0.2, -0.15) is 5.10 Å². The van der Waals surface area contributed by atoms with Gasteiger partial charge in [0.25, 0.3) is 0 Å². The van der Waals surface area contributed by atoms with Gasteiger partial charge in [-0.1, -0.05) is 27.9 Å². The third kappa shape index (κ3) is 3.25. The predicted octanol–water partition coefficient (Wildman–Crippen LogP) is 1.71. The maximum Gasteiger partial charge on any atom is 0.176 e. The van der Waals surface area contributed by atoms with Crippen LogP contribution in [0.3, 0.4) is 0 Å². The van der Waals surface area contributed by atoms with Gasteiger partial charge in [0, 0.05) is 28.8 Å². The first-order chi connectivity index (χ1) is 15.1. The largest absolute Gasteiger partial charge is 0.394 e. The van der Waals surface area contributed by atoms with E-state index in [1.165, 1.54) is 30.8 Å². The van der Waals surface area contributed by atoms with E-state index >= 15 is 0 Å². The van der Waals surface area contributed by atoms with Crippen LogP contribution in [-0.2, 0) is 11.3 Å². The fourth-order valence-electron chi connectivity index (χ4n) is 4.28. The van der Waals surface area contributed by atoms with Crippen LogP contribution in [0.5, 0.6) is 0 Å². The third-order valence-electron chi connectivity index (χ3n) is 5.58. The van der Waals surface area contributed by atoms with Gasteiger partial charge >= 0.3 is 0 Å². The first-order valence-corrected chi connectivity index (χ1v) is 9.76. The molecule has 3 aliphatic rings. The Bertz CT molecular complexity index is 1160. The van der Waals surface area contributed by atoms with Crippen LogP contribution < -0.4 is 5.32 Å². The van der Waals surface area contributed by atoms with Crippen molar-refractivity contribution in [3.63, 3.8) is 0 Å². The summed E-state index contributed by atoms with van der Waals surface area (Å²) >= 11 is 0. The Morgan fingerprint density at radius 3 is 2.84 bits per heavy atom. The lowest BCUT2D eigenvalue weighted by atomic mass is 9.74. The lowest BCUT2D eigenvalue weighted by Gasteiger charge is -2.35. The topological polar surface area (TPSA) is 95.6 Å². The van der Waals surface area contributed by atoms with Gasteiger partial charge in [-0.15, -0.1) is 5.10 Å². The highest BCUT2D eigenvalue weighted by atomic mass is 19.2. The zero-order valence-corrected chi connectivity index (χ0v) is 16.2. The molecule has 8 nitrogen and oxygen atoms in total. The Kier molecular flexibility index (Phi) is 4.70. The summed E-state index contributed by atoms with van der Waals surface area (Å²) in [4.78, 5) is 16.7. The van der Waals surface area contributed by atoms with Crippen LogP contribution in [0.1, 0.15) is 23.2 Å². The molecule has 10 heteroatoms. The van der Waals surface area contributed by atoms with Gasteiger partial charge in [0.1, 0.15) is 23.7 Å². The molecule has 0 saturated carbocycles. The van der Waals surface area contributed by atoms with E-state index in [-0.39, 0.29) is 48.1 Å². The minimum atomic E-state index is -0.479. The van der Waals surface area contributed by atoms with Gasteiger partial charge < -0.3 is 10.4 Å². The molecule has 0 bridgehead atoms. The standard InChI is InChI=1S/C21H18F2N6O2/c22-14-3-1-12(2-4-14)16-7-13-9-26-29(23)17-8-15(31)10-24-20(18(13)17)19(16)21-25-11-27-28(21)5-6-30/h1-4,7-9,11,16,19,24,30H,5-6,10H2. The summed E-state index contributed by atoms with van der Waals surface area (Å²) in [6.07, 6.45) is 5.93. The second kappa shape index (κ2) is 7.55. The van der Waals surface area contributed by atoms with Crippen LogP contribution in [0.25, 0.3) is 0 Å². The number of hydrogen-bond acceptors (Lipinski definition) is 7. The number of carbonyl (C=O) groups excluding carboxylic acids is 1. The van der Waals surface area contributed by atoms with E-state index in [0.717, 1.165) is 5.56 Å². The molecule has 2 aliphatic heterocycles. The maximum absolute atomic E-state index is 14.5. The molecule has 0 saturated heterocycles. The highest BCUT2D eigenvalue weighted by Crippen LogP contribution is 2.47. The van der Waals surface area contributed by atoms with Crippen LogP contribution in [0.15, 0.2) is 70.4 Å². The number of aliphatic hydroxyl groups is 1.